The third-order valence-electron chi connectivity index (χ3n) is 2.87. The van der Waals surface area contributed by atoms with Gasteiger partial charge in [0.1, 0.15) is 0 Å². The number of nitrogens with one attached hydrogen (secondary N) is 1. The molecule has 0 fully saturated rings. The fourth-order valence-electron chi connectivity index (χ4n) is 1.90. The summed E-state index contributed by atoms with van der Waals surface area (Å²) in [6, 6.07) is 5.37. The Kier molecular flexibility index (Phi) is 6.44. The van der Waals surface area contributed by atoms with Crippen molar-refractivity contribution in [2.45, 2.75) is 32.3 Å². The summed E-state index contributed by atoms with van der Waals surface area (Å²) >= 11 is 0. The van der Waals surface area contributed by atoms with E-state index >= 15 is 0 Å². The fourth-order valence-corrected chi connectivity index (χ4v) is 1.90. The third-order valence-corrected chi connectivity index (χ3v) is 2.87. The molecule has 0 aliphatic carbocycles. The van der Waals surface area contributed by atoms with E-state index in [1.807, 2.05) is 6.07 Å². The molecule has 0 spiro atoms. The number of aliphatic hydroxyl groups excluding tert-OH is 1. The number of tetrazole rings is 1. The number of H-pyrrole nitrogens is 1. The zero-order valence-corrected chi connectivity index (χ0v) is 13.3. The van der Waals surface area contributed by atoms with E-state index in [9.17, 15) is 5.11 Å². The summed E-state index contributed by atoms with van der Waals surface area (Å²) in [7, 11) is 0. The van der Waals surface area contributed by atoms with E-state index in [-0.39, 0.29) is 29.6 Å². The van der Waals surface area contributed by atoms with Crippen LogP contribution in [-0.2, 0) is 0 Å². The largest absolute Gasteiger partial charge is 0.399 e. The minimum atomic E-state index is -0.523. The van der Waals surface area contributed by atoms with Gasteiger partial charge in [0.25, 0.3) is 0 Å². The average Bonchev–Trinajstić information content (AvgIpc) is 2.89. The number of aliphatic hydroxyl groups is 1. The molecule has 1 aromatic carbocycles. The molecule has 2 aromatic rings. The van der Waals surface area contributed by atoms with Gasteiger partial charge in [-0.2, -0.15) is 0 Å². The third kappa shape index (κ3) is 4.01. The Hall–Kier alpha value is -0.950. The predicted octanol–water partition coefficient (Wildman–Crippen LogP) is 1.29. The first-order valence-corrected chi connectivity index (χ1v) is 6.04. The summed E-state index contributed by atoms with van der Waals surface area (Å²) in [6.07, 6.45) is 2.21. The van der Waals surface area contributed by atoms with Crippen LogP contribution in [0.1, 0.15) is 37.9 Å². The number of benzene rings is 1. The second-order valence-electron chi connectivity index (χ2n) is 4.25. The zero-order valence-electron chi connectivity index (χ0n) is 11.3. The maximum Gasteiger partial charge on any atom is 0.179 e. The van der Waals surface area contributed by atoms with E-state index < -0.39 is 6.10 Å². The molecule has 4 N–H and O–H groups in total. The molecule has 1 aromatic heterocycles. The molecule has 1 unspecified atom stereocenters. The number of rotatable bonds is 5. The first-order valence-electron chi connectivity index (χ1n) is 6.04. The second kappa shape index (κ2) is 7.59. The molecule has 7 heteroatoms. The van der Waals surface area contributed by atoms with E-state index in [4.69, 9.17) is 5.73 Å². The number of nitrogens with two attached hydrogens (primary N) is 1. The van der Waals surface area contributed by atoms with Crippen LogP contribution in [0.25, 0.3) is 11.4 Å². The van der Waals surface area contributed by atoms with Crippen LogP contribution in [0.5, 0.6) is 0 Å². The van der Waals surface area contributed by atoms with E-state index in [1.54, 1.807) is 12.1 Å². The van der Waals surface area contributed by atoms with Crippen LogP contribution in [0.4, 0.5) is 5.69 Å². The van der Waals surface area contributed by atoms with Gasteiger partial charge in [0.05, 0.1) is 6.10 Å². The molecule has 97 valence electrons. The fraction of sp³-hybridized carbons (Fsp3) is 0.417. The molecule has 6 nitrogen and oxygen atoms in total. The van der Waals surface area contributed by atoms with Gasteiger partial charge in [0, 0.05) is 40.8 Å². The summed E-state index contributed by atoms with van der Waals surface area (Å²) in [5, 5.41) is 23.9. The molecule has 0 aliphatic rings. The number of hydrogen-bond acceptors (Lipinski definition) is 5. The molecular formula is C12H17N5NaO. The van der Waals surface area contributed by atoms with Crippen LogP contribution in [0.2, 0.25) is 0 Å². The van der Waals surface area contributed by atoms with E-state index in [2.05, 4.69) is 27.5 Å². The van der Waals surface area contributed by atoms with Crippen molar-refractivity contribution in [1.29, 1.82) is 0 Å². The Morgan fingerprint density at radius 1 is 1.42 bits per heavy atom. The standard InChI is InChI=1S/C12H17N5O.Na/c1-2-3-4-11(18)9-6-5-8(13)7-10(9)12-14-16-17-15-12;/h5-7,11,18H,2-4,13H2,1H3,(H,14,15,16,17);. The summed E-state index contributed by atoms with van der Waals surface area (Å²) in [4.78, 5) is 0. The number of anilines is 1. The molecule has 1 radical (unpaired) electrons. The number of aromatic nitrogens is 4. The Morgan fingerprint density at radius 2 is 2.21 bits per heavy atom. The number of nitrogens with zero attached hydrogens (tertiary/aromatic N) is 3. The van der Waals surface area contributed by atoms with Gasteiger partial charge in [-0.25, -0.2) is 5.10 Å². The monoisotopic (exact) mass is 270 g/mol. The molecule has 1 atom stereocenters. The van der Waals surface area contributed by atoms with Crippen molar-refractivity contribution in [1.82, 2.24) is 20.6 Å². The Bertz CT molecular complexity index is 503. The number of hydrogen-bond donors (Lipinski definition) is 3. The maximum atomic E-state index is 10.2. The molecule has 0 bridgehead atoms. The summed E-state index contributed by atoms with van der Waals surface area (Å²) < 4.78 is 0. The zero-order chi connectivity index (χ0) is 13.0. The minimum Gasteiger partial charge on any atom is -0.399 e. The van der Waals surface area contributed by atoms with Crippen molar-refractivity contribution in [2.24, 2.45) is 0 Å². The smallest absolute Gasteiger partial charge is 0.179 e. The maximum absolute atomic E-state index is 10.2. The van der Waals surface area contributed by atoms with Crippen molar-refractivity contribution in [2.75, 3.05) is 5.73 Å². The molecular weight excluding hydrogens is 253 g/mol. The Labute approximate surface area is 134 Å². The Balaban J connectivity index is 0.00000180. The summed E-state index contributed by atoms with van der Waals surface area (Å²) in [5.41, 5.74) is 7.94. The number of unbranched alkanes of at least 4 members (excludes halogenated alkanes) is 1. The Morgan fingerprint density at radius 3 is 2.84 bits per heavy atom. The first kappa shape index (κ1) is 16.1. The van der Waals surface area contributed by atoms with Crippen molar-refractivity contribution in [3.05, 3.63) is 23.8 Å². The van der Waals surface area contributed by atoms with Crippen LogP contribution in [0.3, 0.4) is 0 Å². The predicted molar refractivity (Wildman–Crippen MR) is 74.3 cm³/mol. The van der Waals surface area contributed by atoms with Gasteiger partial charge >= 0.3 is 0 Å². The first-order chi connectivity index (χ1) is 8.72. The van der Waals surface area contributed by atoms with Crippen LogP contribution < -0.4 is 5.73 Å². The molecule has 19 heavy (non-hydrogen) atoms. The van der Waals surface area contributed by atoms with Crippen molar-refractivity contribution >= 4 is 35.2 Å². The van der Waals surface area contributed by atoms with Crippen LogP contribution in [0, 0.1) is 0 Å². The summed E-state index contributed by atoms with van der Waals surface area (Å²) in [5.74, 6) is 0.521. The van der Waals surface area contributed by atoms with E-state index in [1.165, 1.54) is 0 Å². The van der Waals surface area contributed by atoms with Gasteiger partial charge in [-0.05, 0) is 34.5 Å². The van der Waals surface area contributed by atoms with E-state index in [0.29, 0.717) is 11.5 Å². The van der Waals surface area contributed by atoms with Gasteiger partial charge in [-0.15, -0.1) is 5.10 Å². The van der Waals surface area contributed by atoms with Crippen molar-refractivity contribution in [3.8, 4) is 11.4 Å². The molecule has 0 amide bonds. The molecule has 2 rings (SSSR count). The van der Waals surface area contributed by atoms with Gasteiger partial charge in [-0.3, -0.25) is 0 Å². The molecule has 1 heterocycles. The minimum absolute atomic E-state index is 0. The average molecular weight is 270 g/mol. The molecule has 0 saturated heterocycles. The normalized spacial score (nSPS) is 11.9. The quantitative estimate of drug-likeness (QED) is 0.561. The number of aromatic amines is 1. The van der Waals surface area contributed by atoms with Crippen molar-refractivity contribution < 1.29 is 5.11 Å². The van der Waals surface area contributed by atoms with Crippen molar-refractivity contribution in [3.63, 3.8) is 0 Å². The van der Waals surface area contributed by atoms with E-state index in [0.717, 1.165) is 30.4 Å². The van der Waals surface area contributed by atoms with Gasteiger partial charge in [0.2, 0.25) is 0 Å². The SMILES string of the molecule is CCCCC(O)c1ccc(N)cc1-c1nnn[nH]1.[Na]. The molecule has 0 aliphatic heterocycles. The van der Waals surface area contributed by atoms with Crippen LogP contribution in [0.15, 0.2) is 18.2 Å². The number of nitrogen functional groups attached to an aromatic ring is 1. The van der Waals surface area contributed by atoms with Crippen LogP contribution >= 0.6 is 0 Å². The second-order valence-corrected chi connectivity index (χ2v) is 4.25. The molecule has 0 saturated carbocycles. The van der Waals surface area contributed by atoms with Gasteiger partial charge in [-0.1, -0.05) is 25.8 Å². The van der Waals surface area contributed by atoms with Gasteiger partial charge < -0.3 is 10.8 Å². The van der Waals surface area contributed by atoms with Crippen LogP contribution in [-0.4, -0.2) is 55.3 Å². The van der Waals surface area contributed by atoms with Gasteiger partial charge in [0.15, 0.2) is 5.82 Å². The topological polar surface area (TPSA) is 101 Å². The summed E-state index contributed by atoms with van der Waals surface area (Å²) in [6.45, 7) is 2.09.